The summed E-state index contributed by atoms with van der Waals surface area (Å²) in [6.45, 7) is 0. The van der Waals surface area contributed by atoms with Gasteiger partial charge >= 0.3 is 24.4 Å². The largest absolute Gasteiger partial charge is 0.527 e. The lowest BCUT2D eigenvalue weighted by molar-refractivity contribution is -0.455. The van der Waals surface area contributed by atoms with E-state index in [0.717, 1.165) is 24.3 Å². The van der Waals surface area contributed by atoms with Crippen LogP contribution in [0.25, 0.3) is 0 Å². The first-order valence-corrected chi connectivity index (χ1v) is 5.58. The number of ether oxygens (including phenoxy) is 1. The summed E-state index contributed by atoms with van der Waals surface area (Å²) in [6, 6.07) is 3.82. The highest BCUT2D eigenvalue weighted by atomic mass is 19.4. The SMILES string of the molecule is NC(=O)NN=C(c1ccccc1)C(F)(F)C(F)(F)OC(F)(F)F. The molecule has 1 aromatic carbocycles. The zero-order valence-electron chi connectivity index (χ0n) is 10.9. The first-order chi connectivity index (χ1) is 10.4. The molecule has 0 unspecified atom stereocenters. The molecule has 0 aromatic heterocycles. The monoisotopic (exact) mass is 347 g/mol. The molecule has 1 rings (SSSR count). The maximum absolute atomic E-state index is 13.8. The maximum Gasteiger partial charge on any atom is 0.527 e. The Morgan fingerprint density at radius 1 is 1.04 bits per heavy atom. The zero-order chi connectivity index (χ0) is 17.9. The van der Waals surface area contributed by atoms with Crippen molar-refractivity contribution in [3.05, 3.63) is 35.9 Å². The number of primary amides is 1. The molecule has 0 spiro atoms. The molecule has 128 valence electrons. The fraction of sp³-hybridized carbons (Fsp3) is 0.273. The van der Waals surface area contributed by atoms with Gasteiger partial charge in [-0.2, -0.15) is 22.7 Å². The molecule has 0 aliphatic carbocycles. The van der Waals surface area contributed by atoms with Crippen molar-refractivity contribution in [2.45, 2.75) is 18.4 Å². The third-order valence-corrected chi connectivity index (χ3v) is 2.23. The molecule has 0 saturated heterocycles. The lowest BCUT2D eigenvalue weighted by Crippen LogP contribution is -2.52. The number of halogens is 7. The van der Waals surface area contributed by atoms with Gasteiger partial charge in [-0.1, -0.05) is 30.3 Å². The van der Waals surface area contributed by atoms with E-state index in [1.165, 1.54) is 11.5 Å². The Bertz CT molecular complexity index is 587. The van der Waals surface area contributed by atoms with E-state index in [2.05, 4.69) is 15.6 Å². The number of hydrogen-bond acceptors (Lipinski definition) is 3. The van der Waals surface area contributed by atoms with Gasteiger partial charge in [0, 0.05) is 5.56 Å². The summed E-state index contributed by atoms with van der Waals surface area (Å²) >= 11 is 0. The van der Waals surface area contributed by atoms with E-state index in [0.29, 0.717) is 0 Å². The van der Waals surface area contributed by atoms with Gasteiger partial charge in [0.25, 0.3) is 0 Å². The lowest BCUT2D eigenvalue weighted by atomic mass is 10.0. The first-order valence-electron chi connectivity index (χ1n) is 5.58. The smallest absolute Gasteiger partial charge is 0.350 e. The van der Waals surface area contributed by atoms with Crippen LogP contribution in [0.1, 0.15) is 5.56 Å². The number of rotatable bonds is 5. The average Bonchev–Trinajstić information content (AvgIpc) is 2.36. The third kappa shape index (κ3) is 4.81. The van der Waals surface area contributed by atoms with Crippen LogP contribution in [-0.2, 0) is 4.74 Å². The van der Waals surface area contributed by atoms with E-state index >= 15 is 0 Å². The van der Waals surface area contributed by atoms with Crippen molar-refractivity contribution in [1.82, 2.24) is 5.43 Å². The number of hydrazone groups is 1. The standard InChI is InChI=1S/C11H8F7N3O2/c12-9(13,10(14,15)23-11(16,17)18)7(20-21-8(19)22)6-4-2-1-3-5-6/h1-5H,(H3,19,21,22). The summed E-state index contributed by atoms with van der Waals surface area (Å²) in [5, 5.41) is 2.68. The predicted molar refractivity (Wildman–Crippen MR) is 62.7 cm³/mol. The van der Waals surface area contributed by atoms with Gasteiger partial charge < -0.3 is 5.73 Å². The number of nitrogens with two attached hydrogens (primary N) is 1. The van der Waals surface area contributed by atoms with Crippen LogP contribution < -0.4 is 11.2 Å². The summed E-state index contributed by atoms with van der Waals surface area (Å²) in [5.41, 5.74) is 3.28. The fourth-order valence-corrected chi connectivity index (χ4v) is 1.37. The summed E-state index contributed by atoms with van der Waals surface area (Å²) in [4.78, 5) is 10.5. The topological polar surface area (TPSA) is 76.7 Å². The Kier molecular flexibility index (Phi) is 5.20. The summed E-state index contributed by atoms with van der Waals surface area (Å²) in [5.74, 6) is -5.54. The second kappa shape index (κ2) is 6.40. The van der Waals surface area contributed by atoms with E-state index in [9.17, 15) is 35.5 Å². The number of carbonyl (C=O) groups excluding carboxylic acids is 1. The normalized spacial score (nSPS) is 13.8. The molecular formula is C11H8F7N3O2. The number of alkyl halides is 7. The quantitative estimate of drug-likeness (QED) is 0.488. The molecule has 0 saturated carbocycles. The van der Waals surface area contributed by atoms with Gasteiger partial charge in [0.2, 0.25) is 0 Å². The summed E-state index contributed by atoms with van der Waals surface area (Å²) < 4.78 is 92.0. The summed E-state index contributed by atoms with van der Waals surface area (Å²) in [6.07, 6.45) is -12.0. The minimum Gasteiger partial charge on any atom is -0.350 e. The number of nitrogens with zero attached hydrogens (tertiary/aromatic N) is 1. The van der Waals surface area contributed by atoms with Crippen LogP contribution in [0.15, 0.2) is 35.4 Å². The van der Waals surface area contributed by atoms with Crippen LogP contribution in [0.3, 0.4) is 0 Å². The molecule has 0 bridgehead atoms. The number of nitrogens with one attached hydrogen (secondary N) is 1. The number of urea groups is 1. The molecule has 1 aromatic rings. The van der Waals surface area contributed by atoms with E-state index in [4.69, 9.17) is 0 Å². The molecule has 0 aliphatic heterocycles. The Hall–Kier alpha value is -2.37. The second-order valence-corrected chi connectivity index (χ2v) is 3.94. The molecule has 23 heavy (non-hydrogen) atoms. The van der Waals surface area contributed by atoms with Crippen LogP contribution in [0.5, 0.6) is 0 Å². The van der Waals surface area contributed by atoms with Crippen LogP contribution in [0, 0.1) is 0 Å². The van der Waals surface area contributed by atoms with Crippen molar-refractivity contribution >= 4 is 11.7 Å². The summed E-state index contributed by atoms with van der Waals surface area (Å²) in [7, 11) is 0. The van der Waals surface area contributed by atoms with Crippen molar-refractivity contribution in [1.29, 1.82) is 0 Å². The number of amides is 2. The van der Waals surface area contributed by atoms with Gasteiger partial charge in [-0.25, -0.2) is 15.0 Å². The Labute approximate surface area is 123 Å². The van der Waals surface area contributed by atoms with Gasteiger partial charge in [-0.3, -0.25) is 0 Å². The van der Waals surface area contributed by atoms with Crippen molar-refractivity contribution in [2.75, 3.05) is 0 Å². The Morgan fingerprint density at radius 3 is 2.00 bits per heavy atom. The van der Waals surface area contributed by atoms with Gasteiger partial charge in [0.05, 0.1) is 0 Å². The van der Waals surface area contributed by atoms with Crippen molar-refractivity contribution in [3.63, 3.8) is 0 Å². The van der Waals surface area contributed by atoms with Gasteiger partial charge in [-0.05, 0) is 0 Å². The van der Waals surface area contributed by atoms with Crippen molar-refractivity contribution in [2.24, 2.45) is 10.8 Å². The van der Waals surface area contributed by atoms with Gasteiger partial charge in [0.1, 0.15) is 5.71 Å². The zero-order valence-corrected chi connectivity index (χ0v) is 10.9. The average molecular weight is 347 g/mol. The molecule has 2 amide bonds. The Morgan fingerprint density at radius 2 is 1.57 bits per heavy atom. The molecule has 5 nitrogen and oxygen atoms in total. The Balaban J connectivity index is 3.34. The highest BCUT2D eigenvalue weighted by Gasteiger charge is 2.66. The highest BCUT2D eigenvalue weighted by Crippen LogP contribution is 2.42. The van der Waals surface area contributed by atoms with Crippen LogP contribution in [0.4, 0.5) is 35.5 Å². The van der Waals surface area contributed by atoms with Gasteiger partial charge in [-0.15, -0.1) is 13.2 Å². The number of hydrogen-bond donors (Lipinski definition) is 2. The molecule has 0 aliphatic rings. The highest BCUT2D eigenvalue weighted by molar-refractivity contribution is 6.06. The van der Waals surface area contributed by atoms with Crippen molar-refractivity contribution in [3.8, 4) is 0 Å². The number of carbonyl (C=O) groups is 1. The molecular weight excluding hydrogens is 339 g/mol. The molecule has 3 N–H and O–H groups in total. The van der Waals surface area contributed by atoms with Crippen LogP contribution >= 0.6 is 0 Å². The predicted octanol–water partition coefficient (Wildman–Crippen LogP) is 2.82. The number of benzene rings is 1. The first kappa shape index (κ1) is 18.7. The van der Waals surface area contributed by atoms with E-state index in [1.54, 1.807) is 0 Å². The lowest BCUT2D eigenvalue weighted by Gasteiger charge is -2.27. The maximum atomic E-state index is 13.8. The third-order valence-electron chi connectivity index (χ3n) is 2.23. The second-order valence-electron chi connectivity index (χ2n) is 3.94. The molecule has 0 atom stereocenters. The molecule has 12 heteroatoms. The fourth-order valence-electron chi connectivity index (χ4n) is 1.37. The van der Waals surface area contributed by atoms with Gasteiger partial charge in [0.15, 0.2) is 0 Å². The van der Waals surface area contributed by atoms with Crippen LogP contribution in [-0.4, -0.2) is 30.1 Å². The van der Waals surface area contributed by atoms with E-state index in [1.807, 2.05) is 0 Å². The van der Waals surface area contributed by atoms with E-state index < -0.39 is 35.7 Å². The molecule has 0 radical (unpaired) electrons. The molecule has 0 fully saturated rings. The van der Waals surface area contributed by atoms with Crippen LogP contribution in [0.2, 0.25) is 0 Å². The minimum atomic E-state index is -6.04. The minimum absolute atomic E-state index is 0.684. The van der Waals surface area contributed by atoms with Crippen molar-refractivity contribution < 1.29 is 40.3 Å². The van der Waals surface area contributed by atoms with E-state index in [-0.39, 0.29) is 0 Å². The molecule has 0 heterocycles.